The molecular weight excluding hydrogens is 296 g/mol. The Morgan fingerprint density at radius 1 is 1.35 bits per heavy atom. The molecule has 1 saturated carbocycles. The summed E-state index contributed by atoms with van der Waals surface area (Å²) in [4.78, 5) is 26.7. The Balaban J connectivity index is 2.28. The van der Waals surface area contributed by atoms with E-state index in [-0.39, 0.29) is 11.4 Å². The number of nitrogens with zero attached hydrogens (tertiary/aromatic N) is 1. The first-order chi connectivity index (χ1) is 10.8. The highest BCUT2D eigenvalue weighted by Crippen LogP contribution is 2.43. The molecule has 6 nitrogen and oxygen atoms in total. The van der Waals surface area contributed by atoms with E-state index in [2.05, 4.69) is 10.3 Å². The number of aromatic hydroxyl groups is 1. The monoisotopic (exact) mass is 318 g/mol. The number of hydrogen-bond acceptors (Lipinski definition) is 5. The highest BCUT2D eigenvalue weighted by Gasteiger charge is 2.36. The van der Waals surface area contributed by atoms with E-state index in [0.717, 1.165) is 31.2 Å². The zero-order valence-electron chi connectivity index (χ0n) is 13.7. The zero-order valence-corrected chi connectivity index (χ0v) is 13.7. The minimum atomic E-state index is -0.649. The van der Waals surface area contributed by atoms with Crippen LogP contribution < -0.4 is 5.32 Å². The average Bonchev–Trinajstić information content (AvgIpc) is 2.89. The van der Waals surface area contributed by atoms with Gasteiger partial charge in [0.05, 0.1) is 11.2 Å². The summed E-state index contributed by atoms with van der Waals surface area (Å²) < 4.78 is 5.19. The molecule has 6 heteroatoms. The maximum absolute atomic E-state index is 11.9. The Labute approximate surface area is 135 Å². The van der Waals surface area contributed by atoms with Crippen LogP contribution in [0.25, 0.3) is 0 Å². The molecule has 23 heavy (non-hydrogen) atoms. The van der Waals surface area contributed by atoms with Gasteiger partial charge in [-0.1, -0.05) is 18.9 Å². The molecule has 1 aliphatic rings. The minimum Gasteiger partial charge on any atom is -0.506 e. The summed E-state index contributed by atoms with van der Waals surface area (Å²) in [5.41, 5.74) is -0.225. The highest BCUT2D eigenvalue weighted by molar-refractivity contribution is 5.87. The summed E-state index contributed by atoms with van der Waals surface area (Å²) in [7, 11) is 0. The molecule has 0 aliphatic heterocycles. The summed E-state index contributed by atoms with van der Waals surface area (Å²) in [5, 5.41) is 12.5. The summed E-state index contributed by atoms with van der Waals surface area (Å²) >= 11 is 0. The highest BCUT2D eigenvalue weighted by atomic mass is 16.6. The molecule has 0 bridgehead atoms. The van der Waals surface area contributed by atoms with Crippen molar-refractivity contribution in [1.29, 1.82) is 0 Å². The number of carbonyl (C=O) groups is 1. The van der Waals surface area contributed by atoms with E-state index < -0.39 is 17.2 Å². The van der Waals surface area contributed by atoms with Crippen LogP contribution in [0.1, 0.15) is 52.0 Å². The predicted octanol–water partition coefficient (Wildman–Crippen LogP) is 3.84. The first-order valence-corrected chi connectivity index (χ1v) is 7.68. The van der Waals surface area contributed by atoms with Gasteiger partial charge in [0.1, 0.15) is 11.4 Å². The Kier molecular flexibility index (Phi) is 4.76. The van der Waals surface area contributed by atoms with Crippen LogP contribution in [0.4, 0.5) is 10.5 Å². The van der Waals surface area contributed by atoms with Crippen molar-refractivity contribution in [2.75, 3.05) is 5.32 Å². The van der Waals surface area contributed by atoms with Gasteiger partial charge in [-0.3, -0.25) is 5.32 Å². The zero-order chi connectivity index (χ0) is 17.1. The number of aliphatic imine (C=N–C) groups is 1. The van der Waals surface area contributed by atoms with E-state index in [9.17, 15) is 14.7 Å². The van der Waals surface area contributed by atoms with E-state index in [4.69, 9.17) is 4.74 Å². The van der Waals surface area contributed by atoms with Gasteiger partial charge in [-0.15, -0.1) is 0 Å². The van der Waals surface area contributed by atoms with E-state index in [1.54, 1.807) is 39.0 Å². The molecule has 1 fully saturated rings. The van der Waals surface area contributed by atoms with Crippen LogP contribution >= 0.6 is 0 Å². The van der Waals surface area contributed by atoms with Crippen LogP contribution in [0.3, 0.4) is 0 Å². The molecule has 1 amide bonds. The Bertz CT molecular complexity index is 636. The number of isocyanates is 1. The van der Waals surface area contributed by atoms with Crippen molar-refractivity contribution >= 4 is 17.9 Å². The van der Waals surface area contributed by atoms with E-state index in [0.29, 0.717) is 0 Å². The molecule has 0 aromatic heterocycles. The third kappa shape index (κ3) is 4.11. The molecule has 0 radical (unpaired) electrons. The van der Waals surface area contributed by atoms with Crippen LogP contribution in [0.15, 0.2) is 23.2 Å². The van der Waals surface area contributed by atoms with Gasteiger partial charge in [0, 0.05) is 0 Å². The lowest BCUT2D eigenvalue weighted by Crippen LogP contribution is -2.27. The number of phenolic OH excluding ortho intramolecular Hbond substituents is 1. The van der Waals surface area contributed by atoms with Crippen molar-refractivity contribution in [3.63, 3.8) is 0 Å². The third-order valence-electron chi connectivity index (χ3n) is 3.86. The van der Waals surface area contributed by atoms with E-state index >= 15 is 0 Å². The van der Waals surface area contributed by atoms with Gasteiger partial charge >= 0.3 is 6.09 Å². The van der Waals surface area contributed by atoms with Gasteiger partial charge in [0.25, 0.3) is 0 Å². The van der Waals surface area contributed by atoms with Gasteiger partial charge in [-0.05, 0) is 51.3 Å². The number of benzene rings is 1. The number of hydrogen-bond donors (Lipinski definition) is 2. The van der Waals surface area contributed by atoms with Gasteiger partial charge in [-0.25, -0.2) is 9.59 Å². The van der Waals surface area contributed by atoms with Crippen LogP contribution in [0.2, 0.25) is 0 Å². The lowest BCUT2D eigenvalue weighted by molar-refractivity contribution is 0.0635. The second kappa shape index (κ2) is 6.42. The van der Waals surface area contributed by atoms with Gasteiger partial charge in [0.2, 0.25) is 6.08 Å². The fourth-order valence-electron chi connectivity index (χ4n) is 2.85. The lowest BCUT2D eigenvalue weighted by Gasteiger charge is -2.24. The Morgan fingerprint density at radius 3 is 2.57 bits per heavy atom. The summed E-state index contributed by atoms with van der Waals surface area (Å²) in [6.07, 6.45) is 4.45. The van der Waals surface area contributed by atoms with Crippen molar-refractivity contribution in [2.24, 2.45) is 4.99 Å². The maximum Gasteiger partial charge on any atom is 0.412 e. The number of rotatable bonds is 3. The van der Waals surface area contributed by atoms with E-state index in [1.807, 2.05) is 0 Å². The molecular formula is C17H22N2O4. The molecule has 0 spiro atoms. The fraction of sp³-hybridized carbons (Fsp3) is 0.529. The topological polar surface area (TPSA) is 88.0 Å². The molecule has 0 atom stereocenters. The Hall–Kier alpha value is -2.33. The molecule has 1 aromatic rings. The van der Waals surface area contributed by atoms with Crippen molar-refractivity contribution in [3.8, 4) is 5.75 Å². The average molecular weight is 318 g/mol. The van der Waals surface area contributed by atoms with Gasteiger partial charge in [-0.2, -0.15) is 4.99 Å². The van der Waals surface area contributed by atoms with Crippen molar-refractivity contribution in [1.82, 2.24) is 0 Å². The number of carbonyl (C=O) groups excluding carboxylic acids is 2. The second-order valence-corrected chi connectivity index (χ2v) is 6.80. The molecule has 124 valence electrons. The van der Waals surface area contributed by atoms with Gasteiger partial charge < -0.3 is 9.84 Å². The van der Waals surface area contributed by atoms with Crippen LogP contribution in [-0.4, -0.2) is 22.9 Å². The lowest BCUT2D eigenvalue weighted by atomic mass is 9.88. The summed E-state index contributed by atoms with van der Waals surface area (Å²) in [6.45, 7) is 5.28. The van der Waals surface area contributed by atoms with Crippen LogP contribution in [-0.2, 0) is 15.1 Å². The largest absolute Gasteiger partial charge is 0.506 e. The molecule has 1 aliphatic carbocycles. The number of anilines is 1. The SMILES string of the molecule is CC(C)(C)OC(=O)Nc1cc(C2(N=C=O)CCCC2)ccc1O. The normalized spacial score (nSPS) is 16.5. The summed E-state index contributed by atoms with van der Waals surface area (Å²) in [6, 6.07) is 4.86. The smallest absolute Gasteiger partial charge is 0.412 e. The molecule has 2 rings (SSSR count). The van der Waals surface area contributed by atoms with Gasteiger partial charge in [0.15, 0.2) is 0 Å². The van der Waals surface area contributed by atoms with Crippen molar-refractivity contribution in [3.05, 3.63) is 23.8 Å². The molecule has 1 aromatic carbocycles. The fourth-order valence-corrected chi connectivity index (χ4v) is 2.85. The predicted molar refractivity (Wildman–Crippen MR) is 86.2 cm³/mol. The van der Waals surface area contributed by atoms with Crippen molar-refractivity contribution < 1.29 is 19.4 Å². The molecule has 2 N–H and O–H groups in total. The first-order valence-electron chi connectivity index (χ1n) is 7.68. The van der Waals surface area contributed by atoms with Crippen LogP contribution in [0.5, 0.6) is 5.75 Å². The van der Waals surface area contributed by atoms with E-state index in [1.165, 1.54) is 6.07 Å². The van der Waals surface area contributed by atoms with Crippen molar-refractivity contribution in [2.45, 2.75) is 57.6 Å². The number of ether oxygens (including phenoxy) is 1. The number of amides is 1. The number of phenols is 1. The first kappa shape index (κ1) is 17.0. The quantitative estimate of drug-likeness (QED) is 0.503. The maximum atomic E-state index is 11.9. The molecule has 0 saturated heterocycles. The number of nitrogens with one attached hydrogen (secondary N) is 1. The standard InChI is InChI=1S/C17H22N2O4/c1-16(2,3)23-15(22)19-13-10-12(6-7-14(13)21)17(18-11-20)8-4-5-9-17/h6-7,10,21H,4-5,8-9H2,1-3H3,(H,19,22). The molecule has 0 heterocycles. The Morgan fingerprint density at radius 2 is 2.00 bits per heavy atom. The molecule has 0 unspecified atom stereocenters. The van der Waals surface area contributed by atoms with Crippen LogP contribution in [0, 0.1) is 0 Å². The third-order valence-corrected chi connectivity index (χ3v) is 3.86. The summed E-state index contributed by atoms with van der Waals surface area (Å²) in [5.74, 6) is -0.0668. The minimum absolute atomic E-state index is 0.0668. The second-order valence-electron chi connectivity index (χ2n) is 6.80.